The predicted octanol–water partition coefficient (Wildman–Crippen LogP) is 4.59. The van der Waals surface area contributed by atoms with Gasteiger partial charge in [-0.05, 0) is 40.0 Å². The zero-order chi connectivity index (χ0) is 21.9. The Hall–Kier alpha value is -2.37. The normalized spacial score (nSPS) is 13.5. The van der Waals surface area contributed by atoms with Gasteiger partial charge in [-0.3, -0.25) is 9.59 Å². The number of aromatic nitrogens is 1. The number of pyridine rings is 1. The minimum Gasteiger partial charge on any atom is -0.468 e. The predicted molar refractivity (Wildman–Crippen MR) is 120 cm³/mol. The Morgan fingerprint density at radius 3 is 2.57 bits per heavy atom. The molecule has 1 heterocycles. The summed E-state index contributed by atoms with van der Waals surface area (Å²) in [6.45, 7) is 2.05. The number of halogens is 1. The van der Waals surface area contributed by atoms with Crippen LogP contribution in [-0.4, -0.2) is 29.7 Å². The first-order valence-electron chi connectivity index (χ1n) is 9.56. The third-order valence-corrected chi connectivity index (χ3v) is 6.17. The molecule has 3 atom stereocenters. The molecule has 1 amide bonds. The zero-order valence-corrected chi connectivity index (χ0v) is 19.3. The van der Waals surface area contributed by atoms with Gasteiger partial charge in [-0.1, -0.05) is 49.7 Å². The summed E-state index contributed by atoms with van der Waals surface area (Å²) in [5.41, 5.74) is 1.54. The summed E-state index contributed by atoms with van der Waals surface area (Å²) in [5.74, 6) is -1.82. The molecule has 158 valence electrons. The lowest BCUT2D eigenvalue weighted by Crippen LogP contribution is -2.36. The van der Waals surface area contributed by atoms with Gasteiger partial charge in [0, 0.05) is 0 Å². The summed E-state index contributed by atoms with van der Waals surface area (Å²) in [7, 11) is 1.30. The van der Waals surface area contributed by atoms with Crippen molar-refractivity contribution < 1.29 is 14.3 Å². The average Bonchev–Trinajstić information content (AvgIpc) is 2.76. The number of carbonyl (C=O) groups is 2. The summed E-state index contributed by atoms with van der Waals surface area (Å²) in [5, 5.41) is 12.3. The van der Waals surface area contributed by atoms with Crippen molar-refractivity contribution >= 4 is 39.6 Å². The highest BCUT2D eigenvalue weighted by Crippen LogP contribution is 2.36. The molecule has 0 aliphatic rings. The third-order valence-electron chi connectivity index (χ3n) is 4.46. The number of hydrogen-bond acceptors (Lipinski definition) is 6. The smallest absolute Gasteiger partial charge is 0.315 e. The lowest BCUT2D eigenvalue weighted by Gasteiger charge is -2.24. The minimum absolute atomic E-state index is 0.0118. The van der Waals surface area contributed by atoms with E-state index in [0.29, 0.717) is 10.3 Å². The molecule has 0 bridgehead atoms. The fraction of sp³-hybridized carbons (Fsp3) is 0.364. The fourth-order valence-electron chi connectivity index (χ4n) is 2.97. The third kappa shape index (κ3) is 6.85. The van der Waals surface area contributed by atoms with Crippen LogP contribution in [-0.2, 0) is 14.3 Å². The molecule has 2 rings (SSSR count). The van der Waals surface area contributed by atoms with E-state index < -0.39 is 17.1 Å². The molecule has 0 aliphatic carbocycles. The zero-order valence-electron chi connectivity index (χ0n) is 16.9. The summed E-state index contributed by atoms with van der Waals surface area (Å²) in [6.07, 6.45) is 1.63. The lowest BCUT2D eigenvalue weighted by molar-refractivity contribution is -0.137. The van der Waals surface area contributed by atoms with Gasteiger partial charge in [0.25, 0.3) is 0 Å². The van der Waals surface area contributed by atoms with Crippen LogP contribution >= 0.6 is 27.7 Å². The highest BCUT2D eigenvalue weighted by atomic mass is 79.9. The van der Waals surface area contributed by atoms with E-state index in [1.54, 1.807) is 18.2 Å². The van der Waals surface area contributed by atoms with Gasteiger partial charge in [0.1, 0.15) is 10.5 Å². The van der Waals surface area contributed by atoms with Crippen LogP contribution in [0.25, 0.3) is 0 Å². The number of benzene rings is 1. The molecule has 8 heteroatoms. The number of amides is 1. The highest BCUT2D eigenvalue weighted by Gasteiger charge is 2.33. The van der Waals surface area contributed by atoms with Crippen molar-refractivity contribution in [2.75, 3.05) is 12.9 Å². The number of nitrogens with zero attached hydrogens (tertiary/aromatic N) is 2. The number of ether oxygens (including phenoxy) is 1. The van der Waals surface area contributed by atoms with Crippen LogP contribution in [0.3, 0.4) is 0 Å². The van der Waals surface area contributed by atoms with E-state index in [1.807, 2.05) is 37.3 Å². The van der Waals surface area contributed by atoms with Crippen molar-refractivity contribution in [3.63, 3.8) is 0 Å². The molecule has 0 aliphatic heterocycles. The Morgan fingerprint density at radius 1 is 1.23 bits per heavy atom. The van der Waals surface area contributed by atoms with E-state index in [-0.39, 0.29) is 17.7 Å². The molecule has 2 unspecified atom stereocenters. The highest BCUT2D eigenvalue weighted by molar-refractivity contribution is 9.10. The molecule has 2 aromatic rings. The molecule has 0 spiro atoms. The van der Waals surface area contributed by atoms with E-state index >= 15 is 0 Å². The largest absolute Gasteiger partial charge is 0.468 e. The maximum absolute atomic E-state index is 13.1. The van der Waals surface area contributed by atoms with Gasteiger partial charge in [-0.2, -0.15) is 5.26 Å². The van der Waals surface area contributed by atoms with E-state index in [2.05, 4.69) is 32.3 Å². The van der Waals surface area contributed by atoms with Crippen LogP contribution < -0.4 is 5.32 Å². The maximum Gasteiger partial charge on any atom is 0.315 e. The van der Waals surface area contributed by atoms with E-state index in [4.69, 9.17) is 4.74 Å². The van der Waals surface area contributed by atoms with Crippen molar-refractivity contribution in [2.24, 2.45) is 5.92 Å². The van der Waals surface area contributed by atoms with Crippen molar-refractivity contribution in [1.82, 2.24) is 10.3 Å². The van der Waals surface area contributed by atoms with Crippen LogP contribution in [0.2, 0.25) is 0 Å². The van der Waals surface area contributed by atoms with Crippen LogP contribution in [0, 0.1) is 17.2 Å². The Bertz CT molecular complexity index is 889. The molecule has 30 heavy (non-hydrogen) atoms. The Labute approximate surface area is 189 Å². The first kappa shape index (κ1) is 23.9. The van der Waals surface area contributed by atoms with Crippen LogP contribution in [0.1, 0.15) is 42.3 Å². The summed E-state index contributed by atoms with van der Waals surface area (Å²) < 4.78 is 5.31. The van der Waals surface area contributed by atoms with E-state index in [0.717, 1.165) is 18.4 Å². The quantitative estimate of drug-likeness (QED) is 0.387. The number of rotatable bonds is 10. The summed E-state index contributed by atoms with van der Waals surface area (Å²) >= 11 is 4.50. The Morgan fingerprint density at radius 2 is 1.97 bits per heavy atom. The van der Waals surface area contributed by atoms with Crippen molar-refractivity contribution in [1.29, 1.82) is 5.26 Å². The van der Waals surface area contributed by atoms with Gasteiger partial charge < -0.3 is 10.1 Å². The second kappa shape index (κ2) is 12.4. The van der Waals surface area contributed by atoms with Crippen molar-refractivity contribution in [3.05, 3.63) is 64.4 Å². The van der Waals surface area contributed by atoms with Gasteiger partial charge in [-0.15, -0.1) is 11.8 Å². The van der Waals surface area contributed by atoms with Gasteiger partial charge >= 0.3 is 5.97 Å². The summed E-state index contributed by atoms with van der Waals surface area (Å²) in [4.78, 5) is 29.2. The van der Waals surface area contributed by atoms with Gasteiger partial charge in [0.05, 0.1) is 35.9 Å². The molecule has 0 saturated carbocycles. The Balaban J connectivity index is 2.28. The van der Waals surface area contributed by atoms with Crippen LogP contribution in [0.4, 0.5) is 0 Å². The summed E-state index contributed by atoms with van der Waals surface area (Å²) in [6, 6.07) is 16.9. The second-order valence-electron chi connectivity index (χ2n) is 6.56. The van der Waals surface area contributed by atoms with Gasteiger partial charge in [0.2, 0.25) is 5.91 Å². The number of carbonyl (C=O) groups excluding carboxylic acids is 2. The van der Waals surface area contributed by atoms with Gasteiger partial charge in [0.15, 0.2) is 0 Å². The number of esters is 1. The number of nitriles is 1. The SMILES string of the molecule is CCC[C@H](NC(=O)C(C#N)C(SCC(=O)OC)c1cccc(Br)n1)c1ccccc1. The molecule has 0 saturated heterocycles. The van der Waals surface area contributed by atoms with Crippen molar-refractivity contribution in [2.45, 2.75) is 31.1 Å². The number of hydrogen-bond donors (Lipinski definition) is 1. The molecule has 1 aromatic heterocycles. The first-order valence-corrected chi connectivity index (χ1v) is 11.4. The van der Waals surface area contributed by atoms with E-state index in [1.165, 1.54) is 18.9 Å². The molecular formula is C22H24BrN3O3S. The molecule has 1 N–H and O–H groups in total. The van der Waals surface area contributed by atoms with Crippen LogP contribution in [0.5, 0.6) is 0 Å². The number of thioether (sulfide) groups is 1. The van der Waals surface area contributed by atoms with Crippen molar-refractivity contribution in [3.8, 4) is 6.07 Å². The molecule has 0 radical (unpaired) electrons. The average molecular weight is 490 g/mol. The molecule has 0 fully saturated rings. The molecule has 6 nitrogen and oxygen atoms in total. The fourth-order valence-corrected chi connectivity index (χ4v) is 4.44. The maximum atomic E-state index is 13.1. The molecule has 1 aromatic carbocycles. The number of nitrogens with one attached hydrogen (secondary N) is 1. The standard InChI is InChI=1S/C22H24BrN3O3S/c1-3-8-17(15-9-5-4-6-10-15)26-22(28)16(13-24)21(30-14-20(27)29-2)18-11-7-12-19(23)25-18/h4-7,9-12,16-17,21H,3,8,14H2,1-2H3,(H,26,28)/t16?,17-,21?/m0/s1. The van der Waals surface area contributed by atoms with Crippen LogP contribution in [0.15, 0.2) is 53.1 Å². The lowest BCUT2D eigenvalue weighted by atomic mass is 9.98. The topological polar surface area (TPSA) is 92.1 Å². The van der Waals surface area contributed by atoms with E-state index in [9.17, 15) is 14.9 Å². The second-order valence-corrected chi connectivity index (χ2v) is 8.50. The Kier molecular flexibility index (Phi) is 9.84. The number of methoxy groups -OCH3 is 1. The minimum atomic E-state index is -1.02. The molecular weight excluding hydrogens is 466 g/mol. The monoisotopic (exact) mass is 489 g/mol. The first-order chi connectivity index (χ1) is 14.5. The van der Waals surface area contributed by atoms with Gasteiger partial charge in [-0.25, -0.2) is 4.98 Å².